The van der Waals surface area contributed by atoms with Gasteiger partial charge in [-0.05, 0) is 238 Å². The number of benzene rings is 10. The SMILES string of the molecule is C=C(C)C(=O)OCCOC(=O)c1ccc(Oc2ccc(C(=O)OCCOC(=O)C(=C)C)c(C(=O)Cc3ccc(Oc4ccc(Oc5ccc(NC)cc5)cc4)cc3)c2)cc1C(C)=O.CCCOCCOC(=O)c1ccc(-c2ccc(C(=O)OCCOCCC(F)(F)F)c(C(=O)Cc3ccc(Oc4ccc(Oc5ccc(NC)cc5)cc4)cc3)c2)cc1C(C)=O. The van der Waals surface area contributed by atoms with E-state index in [4.69, 9.17) is 61.6 Å². The summed E-state index contributed by atoms with van der Waals surface area (Å²) in [5.74, 6) is -1.25. The summed E-state index contributed by atoms with van der Waals surface area (Å²) < 4.78 is 109. The topological polar surface area (TPSA) is 315 Å². The summed E-state index contributed by atoms with van der Waals surface area (Å²) in [6.45, 7) is 13.0. The molecule has 0 spiro atoms. The van der Waals surface area contributed by atoms with Crippen molar-refractivity contribution in [3.8, 4) is 68.6 Å². The summed E-state index contributed by atoms with van der Waals surface area (Å²) in [6, 6.07) is 60.2. The van der Waals surface area contributed by atoms with Gasteiger partial charge >= 0.3 is 42.0 Å². The highest BCUT2D eigenvalue weighted by Crippen LogP contribution is 2.35. The molecule has 0 fully saturated rings. The molecule has 10 aromatic rings. The van der Waals surface area contributed by atoms with Crippen LogP contribution in [-0.4, -0.2) is 145 Å². The third-order valence-corrected chi connectivity index (χ3v) is 17.9. The van der Waals surface area contributed by atoms with E-state index in [9.17, 15) is 61.1 Å². The maximum atomic E-state index is 14.0. The number of rotatable bonds is 43. The summed E-state index contributed by atoms with van der Waals surface area (Å²) in [7, 11) is 3.68. The number of carbonyl (C=O) groups excluding carboxylic acids is 10. The zero-order chi connectivity index (χ0) is 89.2. The molecule has 28 heteroatoms. The predicted octanol–water partition coefficient (Wildman–Crippen LogP) is 19.6. The van der Waals surface area contributed by atoms with Gasteiger partial charge in [0.05, 0.1) is 48.5 Å². The van der Waals surface area contributed by atoms with Gasteiger partial charge < -0.3 is 72.2 Å². The molecular formula is C96H91F3N2O23. The van der Waals surface area contributed by atoms with Gasteiger partial charge in [-0.3, -0.25) is 19.2 Å². The van der Waals surface area contributed by atoms with E-state index in [-0.39, 0.29) is 133 Å². The van der Waals surface area contributed by atoms with Gasteiger partial charge in [0.15, 0.2) is 23.1 Å². The summed E-state index contributed by atoms with van der Waals surface area (Å²) in [5, 5.41) is 6.12. The largest absolute Gasteiger partial charge is 0.460 e. The lowest BCUT2D eigenvalue weighted by atomic mass is 9.92. The average molecular weight is 1700 g/mol. The first-order valence-electron chi connectivity index (χ1n) is 39.1. The van der Waals surface area contributed by atoms with E-state index in [0.717, 1.165) is 17.8 Å². The minimum absolute atomic E-state index is 0.000962. The van der Waals surface area contributed by atoms with Gasteiger partial charge in [0.2, 0.25) is 0 Å². The number of hydrogen-bond acceptors (Lipinski definition) is 25. The number of alkyl halides is 3. The van der Waals surface area contributed by atoms with Crippen LogP contribution in [0.4, 0.5) is 24.5 Å². The summed E-state index contributed by atoms with van der Waals surface area (Å²) in [4.78, 5) is 129. The molecule has 0 radical (unpaired) electrons. The van der Waals surface area contributed by atoms with Gasteiger partial charge in [0, 0.05) is 78.3 Å². The molecule has 0 aliphatic heterocycles. The van der Waals surface area contributed by atoms with E-state index < -0.39 is 78.2 Å². The summed E-state index contributed by atoms with van der Waals surface area (Å²) in [6.07, 6.45) is -4.97. The molecular weight excluding hydrogens is 1610 g/mol. The second-order valence-electron chi connectivity index (χ2n) is 27.5. The van der Waals surface area contributed by atoms with Crippen LogP contribution in [0.15, 0.2) is 243 Å². The molecule has 0 heterocycles. The van der Waals surface area contributed by atoms with Crippen LogP contribution in [0, 0.1) is 0 Å². The Bertz CT molecular complexity index is 5440. The first kappa shape index (κ1) is 93.4. The minimum Gasteiger partial charge on any atom is -0.460 e. The number of Topliss-reactive ketones (excluding diaryl/α,β-unsaturated/α-hetero) is 4. The third kappa shape index (κ3) is 29.2. The molecule has 0 aromatic heterocycles. The van der Waals surface area contributed by atoms with Crippen molar-refractivity contribution in [1.29, 1.82) is 0 Å². The predicted molar refractivity (Wildman–Crippen MR) is 454 cm³/mol. The van der Waals surface area contributed by atoms with E-state index in [2.05, 4.69) is 23.8 Å². The number of halogens is 3. The summed E-state index contributed by atoms with van der Waals surface area (Å²) in [5.41, 5.74) is 4.38. The Morgan fingerprint density at radius 2 is 0.573 bits per heavy atom. The highest BCUT2D eigenvalue weighted by molar-refractivity contribution is 6.10. The maximum Gasteiger partial charge on any atom is 0.391 e. The van der Waals surface area contributed by atoms with E-state index in [1.165, 1.54) is 88.4 Å². The fourth-order valence-corrected chi connectivity index (χ4v) is 11.5. The van der Waals surface area contributed by atoms with Crippen LogP contribution in [0.3, 0.4) is 0 Å². The Hall–Kier alpha value is -14.5. The van der Waals surface area contributed by atoms with Crippen molar-refractivity contribution in [2.45, 2.75) is 66.5 Å². The van der Waals surface area contributed by atoms with Crippen LogP contribution in [0.1, 0.15) is 141 Å². The first-order chi connectivity index (χ1) is 59.5. The zero-order valence-electron chi connectivity index (χ0n) is 69.1. The smallest absolute Gasteiger partial charge is 0.391 e. The number of nitrogens with one attached hydrogen (secondary N) is 2. The number of ketones is 4. The molecule has 2 N–H and O–H groups in total. The fourth-order valence-electron chi connectivity index (χ4n) is 11.5. The van der Waals surface area contributed by atoms with E-state index in [0.29, 0.717) is 74.9 Å². The van der Waals surface area contributed by atoms with Crippen molar-refractivity contribution in [1.82, 2.24) is 0 Å². The standard InChI is InChI=1S/C49H45NO13.C47H46F3NO10/c1-30(2)46(53)57-23-25-59-48(55)41-21-19-39(28-43(41)32(5)51)63-40-20-22-42(49(56)60-26-24-58-47(54)31(3)4)44(29-40)45(52)27-33-7-11-35(12-8-33)61-37-15-17-38(18-16-37)62-36-13-9-34(50-6)10-14-36;1-4-22-56-24-26-58-45(54)40-19-7-33(29-42(40)31(2)52)34-8-20-41(46(55)59-27-25-57-23-21-47(48,49)50)43(30-34)44(53)28-32-5-11-36(12-6-32)60-38-15-17-39(18-16-38)61-37-13-9-35(51-3)10-14-37/h7-22,28-29,50H,1,3,23-27H2,2,4-6H3;5-20,29-30,51H,4,21-28H2,1-3H3. The maximum absolute atomic E-state index is 14.0. The van der Waals surface area contributed by atoms with Gasteiger partial charge in [0.1, 0.15) is 97.1 Å². The van der Waals surface area contributed by atoms with Gasteiger partial charge in [-0.15, -0.1) is 0 Å². The van der Waals surface area contributed by atoms with E-state index >= 15 is 0 Å². The number of hydrogen-bond donors (Lipinski definition) is 2. The van der Waals surface area contributed by atoms with Gasteiger partial charge in [-0.25, -0.2) is 28.8 Å². The molecule has 0 bridgehead atoms. The number of carbonyl (C=O) groups is 10. The fraction of sp³-hybridized carbons (Fsp3) is 0.229. The van der Waals surface area contributed by atoms with Crippen molar-refractivity contribution in [3.05, 3.63) is 298 Å². The van der Waals surface area contributed by atoms with Crippen LogP contribution in [0.25, 0.3) is 11.1 Å². The molecule has 0 aliphatic carbocycles. The Morgan fingerprint density at radius 1 is 0.306 bits per heavy atom. The molecule has 0 saturated heterocycles. The number of esters is 6. The number of anilines is 2. The van der Waals surface area contributed by atoms with Crippen LogP contribution in [0.5, 0.6) is 57.5 Å². The minimum atomic E-state index is -4.39. The third-order valence-electron chi connectivity index (χ3n) is 17.9. The quantitative estimate of drug-likeness (QED) is 0.0118. The van der Waals surface area contributed by atoms with E-state index in [1.54, 1.807) is 109 Å². The second-order valence-corrected chi connectivity index (χ2v) is 27.5. The molecule has 0 aliphatic rings. The lowest BCUT2D eigenvalue weighted by Crippen LogP contribution is -2.17. The summed E-state index contributed by atoms with van der Waals surface area (Å²) >= 11 is 0. The second kappa shape index (κ2) is 46.3. The molecule has 10 aromatic carbocycles. The highest BCUT2D eigenvalue weighted by atomic mass is 19.4. The Morgan fingerprint density at radius 3 is 0.903 bits per heavy atom. The molecule has 25 nitrogen and oxygen atoms in total. The van der Waals surface area contributed by atoms with Crippen LogP contribution in [0.2, 0.25) is 0 Å². The van der Waals surface area contributed by atoms with Crippen LogP contribution < -0.4 is 34.3 Å². The molecule has 0 saturated carbocycles. The lowest BCUT2D eigenvalue weighted by molar-refractivity contribution is -0.146. The zero-order valence-corrected chi connectivity index (χ0v) is 69.1. The molecule has 0 unspecified atom stereocenters. The monoisotopic (exact) mass is 1700 g/mol. The average Bonchev–Trinajstić information content (AvgIpc) is 0.772. The van der Waals surface area contributed by atoms with Crippen LogP contribution in [-0.2, 0) is 60.3 Å². The van der Waals surface area contributed by atoms with Gasteiger partial charge in [0.25, 0.3) is 0 Å². The van der Waals surface area contributed by atoms with E-state index in [1.807, 2.05) is 69.6 Å². The van der Waals surface area contributed by atoms with Crippen molar-refractivity contribution < 1.29 is 123 Å². The first-order valence-corrected chi connectivity index (χ1v) is 39.1. The molecule has 10 rings (SSSR count). The lowest BCUT2D eigenvalue weighted by Gasteiger charge is -2.14. The molecule has 644 valence electrons. The molecule has 0 atom stereocenters. The van der Waals surface area contributed by atoms with Crippen molar-refractivity contribution in [2.24, 2.45) is 0 Å². The van der Waals surface area contributed by atoms with Crippen molar-refractivity contribution >= 4 is 70.3 Å². The van der Waals surface area contributed by atoms with Crippen LogP contribution >= 0.6 is 0 Å². The van der Waals surface area contributed by atoms with Crippen molar-refractivity contribution in [3.63, 3.8) is 0 Å². The normalized spacial score (nSPS) is 10.8. The molecule has 0 amide bonds. The Balaban J connectivity index is 0.000000281. The highest BCUT2D eigenvalue weighted by Gasteiger charge is 2.28. The Labute approximate surface area is 713 Å². The van der Waals surface area contributed by atoms with Gasteiger partial charge in [-0.2, -0.15) is 13.2 Å². The molecule has 124 heavy (non-hydrogen) atoms. The Kier molecular flexibility index (Phi) is 34.9. The van der Waals surface area contributed by atoms with Crippen molar-refractivity contribution in [2.75, 3.05) is 90.8 Å². The number of ether oxygens (including phenoxy) is 13. The van der Waals surface area contributed by atoms with Gasteiger partial charge in [-0.1, -0.05) is 56.5 Å².